The Labute approximate surface area is 150 Å². The van der Waals surface area contributed by atoms with Crippen molar-refractivity contribution in [3.63, 3.8) is 0 Å². The minimum Gasteiger partial charge on any atom is -0.461 e. The topological polar surface area (TPSA) is 89.8 Å². The summed E-state index contributed by atoms with van der Waals surface area (Å²) in [5, 5.41) is 10.6. The minimum atomic E-state index is -0.512. The molecule has 0 bridgehead atoms. The second kappa shape index (κ2) is 7.35. The fourth-order valence-electron chi connectivity index (χ4n) is 2.83. The van der Waals surface area contributed by atoms with Crippen LogP contribution in [0.5, 0.6) is 0 Å². The molecule has 1 fully saturated rings. The van der Waals surface area contributed by atoms with Crippen LogP contribution < -0.4 is 4.90 Å². The van der Waals surface area contributed by atoms with E-state index < -0.39 is 16.8 Å². The molecule has 0 saturated carbocycles. The van der Waals surface area contributed by atoms with Gasteiger partial charge in [-0.1, -0.05) is 17.7 Å². The first-order valence-electron chi connectivity index (χ1n) is 8.21. The number of carbonyl (C=O) groups excluding carboxylic acids is 2. The number of esters is 1. The van der Waals surface area contributed by atoms with E-state index >= 15 is 0 Å². The molecule has 1 amide bonds. The van der Waals surface area contributed by atoms with Crippen LogP contribution >= 0.6 is 0 Å². The van der Waals surface area contributed by atoms with E-state index in [4.69, 9.17) is 4.74 Å². The second-order valence-corrected chi connectivity index (χ2v) is 6.27. The lowest BCUT2D eigenvalue weighted by atomic mass is 10.1. The largest absolute Gasteiger partial charge is 0.461 e. The smallest absolute Gasteiger partial charge is 0.311 e. The third kappa shape index (κ3) is 3.88. The van der Waals surface area contributed by atoms with E-state index in [9.17, 15) is 19.7 Å². The first kappa shape index (κ1) is 17.6. The maximum atomic E-state index is 12.3. The van der Waals surface area contributed by atoms with Crippen molar-refractivity contribution < 1.29 is 19.2 Å². The van der Waals surface area contributed by atoms with Crippen LogP contribution in [-0.4, -0.2) is 23.3 Å². The summed E-state index contributed by atoms with van der Waals surface area (Å²) in [6.07, 6.45) is 0.118. The van der Waals surface area contributed by atoms with Gasteiger partial charge in [0.15, 0.2) is 0 Å². The third-order valence-electron chi connectivity index (χ3n) is 4.33. The number of benzene rings is 2. The lowest BCUT2D eigenvalue weighted by Gasteiger charge is -2.16. The van der Waals surface area contributed by atoms with Crippen LogP contribution in [0.1, 0.15) is 17.5 Å². The summed E-state index contributed by atoms with van der Waals surface area (Å²) in [7, 11) is 0. The van der Waals surface area contributed by atoms with Crippen LogP contribution in [0.2, 0.25) is 0 Å². The summed E-state index contributed by atoms with van der Waals surface area (Å²) in [4.78, 5) is 36.2. The summed E-state index contributed by atoms with van der Waals surface area (Å²) in [5.41, 5.74) is 2.50. The predicted octanol–water partition coefficient (Wildman–Crippen LogP) is 3.00. The highest BCUT2D eigenvalue weighted by molar-refractivity contribution is 5.99. The Kier molecular flexibility index (Phi) is 4.97. The number of non-ortho nitro benzene ring substituents is 1. The predicted molar refractivity (Wildman–Crippen MR) is 94.5 cm³/mol. The van der Waals surface area contributed by atoms with Crippen LogP contribution in [0.4, 0.5) is 11.4 Å². The van der Waals surface area contributed by atoms with Crippen molar-refractivity contribution in [2.45, 2.75) is 20.0 Å². The van der Waals surface area contributed by atoms with Crippen molar-refractivity contribution in [2.24, 2.45) is 5.92 Å². The summed E-state index contributed by atoms with van der Waals surface area (Å²) in [6.45, 7) is 2.28. The zero-order valence-corrected chi connectivity index (χ0v) is 14.3. The molecule has 2 aromatic rings. The lowest BCUT2D eigenvalue weighted by Crippen LogP contribution is -2.26. The summed E-state index contributed by atoms with van der Waals surface area (Å²) in [6, 6.07) is 13.4. The second-order valence-electron chi connectivity index (χ2n) is 6.27. The summed E-state index contributed by atoms with van der Waals surface area (Å²) in [5.74, 6) is -1.06. The number of nitrogens with zero attached hydrogens (tertiary/aromatic N) is 2. The van der Waals surface area contributed by atoms with Crippen molar-refractivity contribution >= 4 is 23.3 Å². The molecule has 1 heterocycles. The molecule has 0 aliphatic carbocycles. The molecule has 26 heavy (non-hydrogen) atoms. The first-order chi connectivity index (χ1) is 12.4. The van der Waals surface area contributed by atoms with E-state index in [0.717, 1.165) is 11.3 Å². The van der Waals surface area contributed by atoms with Crippen LogP contribution in [0, 0.1) is 23.0 Å². The molecule has 2 aromatic carbocycles. The molecule has 0 N–H and O–H groups in total. The molecule has 0 spiro atoms. The molecule has 1 aliphatic rings. The summed E-state index contributed by atoms with van der Waals surface area (Å²) < 4.78 is 5.28. The first-order valence-corrected chi connectivity index (χ1v) is 8.21. The van der Waals surface area contributed by atoms with Gasteiger partial charge in [0, 0.05) is 30.8 Å². The van der Waals surface area contributed by atoms with Crippen LogP contribution in [0.15, 0.2) is 48.5 Å². The average Bonchev–Trinajstić information content (AvgIpc) is 3.02. The highest BCUT2D eigenvalue weighted by Gasteiger charge is 2.36. The number of anilines is 1. The summed E-state index contributed by atoms with van der Waals surface area (Å²) >= 11 is 0. The van der Waals surface area contributed by atoms with Gasteiger partial charge in [-0.25, -0.2) is 0 Å². The molecule has 7 heteroatoms. The van der Waals surface area contributed by atoms with Gasteiger partial charge in [0.2, 0.25) is 5.91 Å². The van der Waals surface area contributed by atoms with Gasteiger partial charge in [-0.3, -0.25) is 19.7 Å². The van der Waals surface area contributed by atoms with Crippen LogP contribution in [0.3, 0.4) is 0 Å². The standard InChI is InChI=1S/C19H18N2O5/c1-13-2-6-16(7-3-13)20-11-15(10-18(20)22)19(23)26-12-14-4-8-17(9-5-14)21(24)25/h2-9,15H,10-12H2,1H3/t15-/m0/s1. The van der Waals surface area contributed by atoms with Crippen molar-refractivity contribution in [2.75, 3.05) is 11.4 Å². The molecule has 0 radical (unpaired) electrons. The molecular formula is C19H18N2O5. The Balaban J connectivity index is 1.57. The number of carbonyl (C=O) groups is 2. The Hall–Kier alpha value is -3.22. The molecule has 1 atom stereocenters. The van der Waals surface area contributed by atoms with Crippen molar-refractivity contribution in [3.05, 3.63) is 69.8 Å². The van der Waals surface area contributed by atoms with E-state index in [1.165, 1.54) is 12.1 Å². The zero-order valence-electron chi connectivity index (χ0n) is 14.3. The molecule has 1 aliphatic heterocycles. The quantitative estimate of drug-likeness (QED) is 0.468. The molecule has 0 aromatic heterocycles. The maximum Gasteiger partial charge on any atom is 0.311 e. The van der Waals surface area contributed by atoms with Crippen LogP contribution in [-0.2, 0) is 20.9 Å². The number of hydrogen-bond donors (Lipinski definition) is 0. The van der Waals surface area contributed by atoms with Gasteiger partial charge in [-0.2, -0.15) is 0 Å². The maximum absolute atomic E-state index is 12.3. The van der Waals surface area contributed by atoms with Gasteiger partial charge in [0.1, 0.15) is 6.61 Å². The third-order valence-corrected chi connectivity index (χ3v) is 4.33. The molecule has 7 nitrogen and oxygen atoms in total. The number of ether oxygens (including phenoxy) is 1. The highest BCUT2D eigenvalue weighted by Crippen LogP contribution is 2.26. The minimum absolute atomic E-state index is 0.0183. The normalized spacial score (nSPS) is 16.6. The fraction of sp³-hybridized carbons (Fsp3) is 0.263. The number of nitro benzene ring substituents is 1. The van der Waals surface area contributed by atoms with Gasteiger partial charge < -0.3 is 9.64 Å². The highest BCUT2D eigenvalue weighted by atomic mass is 16.6. The van der Waals surface area contributed by atoms with E-state index in [1.807, 2.05) is 31.2 Å². The van der Waals surface area contributed by atoms with E-state index in [2.05, 4.69) is 0 Å². The molecule has 134 valence electrons. The number of aryl methyl sites for hydroxylation is 1. The van der Waals surface area contributed by atoms with E-state index in [1.54, 1.807) is 17.0 Å². The lowest BCUT2D eigenvalue weighted by molar-refractivity contribution is -0.384. The van der Waals surface area contributed by atoms with Crippen molar-refractivity contribution in [3.8, 4) is 0 Å². The van der Waals surface area contributed by atoms with Gasteiger partial charge in [0.05, 0.1) is 10.8 Å². The van der Waals surface area contributed by atoms with Gasteiger partial charge in [0.25, 0.3) is 5.69 Å². The number of hydrogen-bond acceptors (Lipinski definition) is 5. The SMILES string of the molecule is Cc1ccc(N2C[C@@H](C(=O)OCc3ccc([N+](=O)[O-])cc3)CC2=O)cc1. The Morgan fingerprint density at radius 1 is 1.19 bits per heavy atom. The Bertz CT molecular complexity index is 830. The molecule has 3 rings (SSSR count). The average molecular weight is 354 g/mol. The van der Waals surface area contributed by atoms with Gasteiger partial charge in [-0.05, 0) is 36.8 Å². The number of nitro groups is 1. The van der Waals surface area contributed by atoms with Gasteiger partial charge in [-0.15, -0.1) is 0 Å². The fourth-order valence-corrected chi connectivity index (χ4v) is 2.83. The monoisotopic (exact) mass is 354 g/mol. The van der Waals surface area contributed by atoms with Crippen molar-refractivity contribution in [1.29, 1.82) is 0 Å². The van der Waals surface area contributed by atoms with Crippen molar-refractivity contribution in [1.82, 2.24) is 0 Å². The Morgan fingerprint density at radius 3 is 2.46 bits per heavy atom. The van der Waals surface area contributed by atoms with Crippen LogP contribution in [0.25, 0.3) is 0 Å². The molecule has 0 unspecified atom stereocenters. The van der Waals surface area contributed by atoms with Gasteiger partial charge >= 0.3 is 5.97 Å². The Morgan fingerprint density at radius 2 is 1.85 bits per heavy atom. The zero-order chi connectivity index (χ0) is 18.7. The number of amides is 1. The molecule has 1 saturated heterocycles. The van der Waals surface area contributed by atoms with E-state index in [-0.39, 0.29) is 24.6 Å². The number of rotatable bonds is 5. The molecular weight excluding hydrogens is 336 g/mol. The van der Waals surface area contributed by atoms with E-state index in [0.29, 0.717) is 12.1 Å².